The number of carbonyl (C=O) groups is 1. The Morgan fingerprint density at radius 2 is 1.74 bits per heavy atom. The SMILES string of the molecule is CCOC(=O)C1=C(C)N=c2s/c(=C\c3cc(Br)c(OCc4ccccc4Cl)c(Br)c3)c(=O)n2[C@H]1c1ccc(OCC)cc1. The Kier molecular flexibility index (Phi) is 9.91. The van der Waals surface area contributed by atoms with Crippen molar-refractivity contribution >= 4 is 66.8 Å². The lowest BCUT2D eigenvalue weighted by molar-refractivity contribution is -0.139. The predicted molar refractivity (Wildman–Crippen MR) is 176 cm³/mol. The summed E-state index contributed by atoms with van der Waals surface area (Å²) in [4.78, 5) is 32.2. The van der Waals surface area contributed by atoms with Crippen LogP contribution in [-0.4, -0.2) is 23.8 Å². The fourth-order valence-electron chi connectivity index (χ4n) is 4.74. The summed E-state index contributed by atoms with van der Waals surface area (Å²) < 4.78 is 20.5. The van der Waals surface area contributed by atoms with Gasteiger partial charge in [0, 0.05) is 10.6 Å². The van der Waals surface area contributed by atoms with Crippen molar-refractivity contribution in [1.82, 2.24) is 4.57 Å². The molecule has 5 rings (SSSR count). The van der Waals surface area contributed by atoms with E-state index in [1.54, 1.807) is 24.5 Å². The van der Waals surface area contributed by atoms with E-state index in [-0.39, 0.29) is 12.2 Å². The van der Waals surface area contributed by atoms with E-state index in [1.807, 2.05) is 67.6 Å². The lowest BCUT2D eigenvalue weighted by atomic mass is 9.96. The second-order valence-corrected chi connectivity index (χ2v) is 12.6. The van der Waals surface area contributed by atoms with E-state index in [0.29, 0.717) is 59.3 Å². The van der Waals surface area contributed by atoms with Gasteiger partial charge >= 0.3 is 5.97 Å². The Labute approximate surface area is 274 Å². The van der Waals surface area contributed by atoms with Gasteiger partial charge in [0.15, 0.2) is 4.80 Å². The molecule has 0 saturated carbocycles. The van der Waals surface area contributed by atoms with Crippen LogP contribution in [0.4, 0.5) is 0 Å². The number of benzene rings is 3. The summed E-state index contributed by atoms with van der Waals surface area (Å²) in [7, 11) is 0. The van der Waals surface area contributed by atoms with Crippen LogP contribution in [0.5, 0.6) is 11.5 Å². The highest BCUT2D eigenvalue weighted by Crippen LogP contribution is 2.36. The number of rotatable bonds is 9. The fourth-order valence-corrected chi connectivity index (χ4v) is 7.43. The van der Waals surface area contributed by atoms with Crippen LogP contribution >= 0.6 is 54.8 Å². The number of esters is 1. The van der Waals surface area contributed by atoms with E-state index in [9.17, 15) is 9.59 Å². The van der Waals surface area contributed by atoms with Crippen LogP contribution in [-0.2, 0) is 16.1 Å². The number of halogens is 3. The number of hydrogen-bond acceptors (Lipinski definition) is 7. The first-order valence-electron chi connectivity index (χ1n) is 13.5. The first-order valence-corrected chi connectivity index (χ1v) is 16.3. The van der Waals surface area contributed by atoms with E-state index >= 15 is 0 Å². The zero-order valence-corrected chi connectivity index (χ0v) is 28.3. The third-order valence-electron chi connectivity index (χ3n) is 6.67. The maximum atomic E-state index is 14.0. The molecule has 3 aromatic carbocycles. The van der Waals surface area contributed by atoms with Gasteiger partial charge in [-0.1, -0.05) is 53.3 Å². The lowest BCUT2D eigenvalue weighted by Crippen LogP contribution is -2.39. The van der Waals surface area contributed by atoms with Crippen molar-refractivity contribution in [1.29, 1.82) is 0 Å². The number of ether oxygens (including phenoxy) is 3. The van der Waals surface area contributed by atoms with Gasteiger partial charge in [0.1, 0.15) is 18.1 Å². The van der Waals surface area contributed by atoms with Crippen molar-refractivity contribution in [2.75, 3.05) is 13.2 Å². The molecule has 1 aliphatic heterocycles. The summed E-state index contributed by atoms with van der Waals surface area (Å²) >= 11 is 14.8. The largest absolute Gasteiger partial charge is 0.494 e. The molecule has 1 aliphatic rings. The molecule has 43 heavy (non-hydrogen) atoms. The van der Waals surface area contributed by atoms with Crippen LogP contribution in [0.2, 0.25) is 5.02 Å². The monoisotopic (exact) mass is 744 g/mol. The minimum absolute atomic E-state index is 0.206. The van der Waals surface area contributed by atoms with E-state index in [1.165, 1.54) is 11.3 Å². The summed E-state index contributed by atoms with van der Waals surface area (Å²) in [5, 5.41) is 0.631. The van der Waals surface area contributed by atoms with Gasteiger partial charge in [-0.2, -0.15) is 0 Å². The van der Waals surface area contributed by atoms with Gasteiger partial charge in [-0.05, 0) is 100 Å². The maximum Gasteiger partial charge on any atom is 0.338 e. The topological polar surface area (TPSA) is 79.1 Å². The van der Waals surface area contributed by atoms with Gasteiger partial charge in [0.2, 0.25) is 0 Å². The third-order valence-corrected chi connectivity index (χ3v) is 9.20. The van der Waals surface area contributed by atoms with Gasteiger partial charge in [0.05, 0.1) is 44.0 Å². The Balaban J connectivity index is 1.55. The highest BCUT2D eigenvalue weighted by atomic mass is 79.9. The first-order chi connectivity index (χ1) is 20.7. The molecule has 0 bridgehead atoms. The van der Waals surface area contributed by atoms with E-state index in [0.717, 1.165) is 16.7 Å². The van der Waals surface area contributed by atoms with E-state index in [4.69, 9.17) is 25.8 Å². The average Bonchev–Trinajstić information content (AvgIpc) is 3.27. The second-order valence-electron chi connectivity index (χ2n) is 9.50. The molecule has 0 saturated heterocycles. The Hall–Kier alpha value is -3.18. The predicted octanol–water partition coefficient (Wildman–Crippen LogP) is 6.95. The maximum absolute atomic E-state index is 14.0. The van der Waals surface area contributed by atoms with Crippen LogP contribution in [0.15, 0.2) is 90.7 Å². The van der Waals surface area contributed by atoms with Crippen molar-refractivity contribution < 1.29 is 19.0 Å². The molecule has 2 heterocycles. The summed E-state index contributed by atoms with van der Waals surface area (Å²) in [6.07, 6.45) is 1.80. The summed E-state index contributed by atoms with van der Waals surface area (Å²) in [6, 6.07) is 18.0. The zero-order valence-electron chi connectivity index (χ0n) is 23.5. The molecule has 7 nitrogen and oxygen atoms in total. The summed E-state index contributed by atoms with van der Waals surface area (Å²) in [5.74, 6) is 0.813. The molecular formula is C32H27Br2ClN2O5S. The Bertz CT molecular complexity index is 1880. The molecule has 0 unspecified atom stereocenters. The molecule has 0 N–H and O–H groups in total. The molecule has 11 heteroatoms. The number of carbonyl (C=O) groups excluding carboxylic acids is 1. The molecule has 0 aliphatic carbocycles. The molecule has 222 valence electrons. The lowest BCUT2D eigenvalue weighted by Gasteiger charge is -2.24. The highest BCUT2D eigenvalue weighted by molar-refractivity contribution is 9.11. The van der Waals surface area contributed by atoms with Gasteiger partial charge < -0.3 is 14.2 Å². The van der Waals surface area contributed by atoms with E-state index in [2.05, 4.69) is 36.9 Å². The van der Waals surface area contributed by atoms with Crippen molar-refractivity contribution in [2.45, 2.75) is 33.4 Å². The van der Waals surface area contributed by atoms with Crippen molar-refractivity contribution in [3.05, 3.63) is 122 Å². The van der Waals surface area contributed by atoms with Crippen molar-refractivity contribution in [3.8, 4) is 11.5 Å². The standard InChI is InChI=1S/C32H27Br2ClN2O5S/c1-4-40-22-12-10-20(11-13-22)28-27(31(39)41-5-2)18(3)36-32-37(28)30(38)26(43-32)16-19-14-23(33)29(24(34)15-19)42-17-21-8-6-7-9-25(21)35/h6-16,28H,4-5,17H2,1-3H3/b26-16-/t28-/m0/s1. The molecule has 1 atom stereocenters. The molecule has 0 fully saturated rings. The Morgan fingerprint density at radius 3 is 2.40 bits per heavy atom. The van der Waals surface area contributed by atoms with Crippen LogP contribution in [0.3, 0.4) is 0 Å². The van der Waals surface area contributed by atoms with Gasteiger partial charge in [-0.25, -0.2) is 9.79 Å². The molecule has 0 radical (unpaired) electrons. The van der Waals surface area contributed by atoms with Crippen molar-refractivity contribution in [3.63, 3.8) is 0 Å². The minimum atomic E-state index is -0.702. The van der Waals surface area contributed by atoms with Gasteiger partial charge in [-0.3, -0.25) is 9.36 Å². The summed E-state index contributed by atoms with van der Waals surface area (Å²) in [5.41, 5.74) is 2.97. The van der Waals surface area contributed by atoms with Crippen LogP contribution in [0, 0.1) is 0 Å². The number of fused-ring (bicyclic) bond motifs is 1. The normalized spacial score (nSPS) is 14.7. The van der Waals surface area contributed by atoms with Crippen LogP contribution in [0.25, 0.3) is 6.08 Å². The minimum Gasteiger partial charge on any atom is -0.494 e. The molecule has 0 amide bonds. The average molecular weight is 747 g/mol. The Morgan fingerprint density at radius 1 is 1.05 bits per heavy atom. The smallest absolute Gasteiger partial charge is 0.338 e. The van der Waals surface area contributed by atoms with Gasteiger partial charge in [-0.15, -0.1) is 0 Å². The van der Waals surface area contributed by atoms with Crippen LogP contribution < -0.4 is 24.4 Å². The fraction of sp³-hybridized carbons (Fsp3) is 0.219. The number of thiazole rings is 1. The number of nitrogens with zero attached hydrogens (tertiary/aromatic N) is 2. The molecule has 1 aromatic heterocycles. The molecule has 0 spiro atoms. The van der Waals surface area contributed by atoms with E-state index < -0.39 is 12.0 Å². The van der Waals surface area contributed by atoms with Crippen LogP contribution in [0.1, 0.15) is 43.5 Å². The zero-order chi connectivity index (χ0) is 30.7. The van der Waals surface area contributed by atoms with Gasteiger partial charge in [0.25, 0.3) is 5.56 Å². The highest BCUT2D eigenvalue weighted by Gasteiger charge is 2.33. The molecular weight excluding hydrogens is 720 g/mol. The summed E-state index contributed by atoms with van der Waals surface area (Å²) in [6.45, 7) is 6.46. The number of hydrogen-bond donors (Lipinski definition) is 0. The molecule has 4 aromatic rings. The third kappa shape index (κ3) is 6.67. The van der Waals surface area contributed by atoms with Crippen molar-refractivity contribution in [2.24, 2.45) is 4.99 Å². The quantitative estimate of drug-likeness (QED) is 0.173. The first kappa shape index (κ1) is 31.3. The number of allylic oxidation sites excluding steroid dienone is 1. The number of aromatic nitrogens is 1. The second kappa shape index (κ2) is 13.6.